The number of hydrogen-bond acceptors (Lipinski definition) is 5. The van der Waals surface area contributed by atoms with E-state index >= 15 is 0 Å². The highest BCUT2D eigenvalue weighted by Crippen LogP contribution is 2.33. The minimum atomic E-state index is -0.467. The molecule has 0 radical (unpaired) electrons. The van der Waals surface area contributed by atoms with E-state index in [1.54, 1.807) is 12.1 Å². The molecule has 1 atom stereocenters. The summed E-state index contributed by atoms with van der Waals surface area (Å²) in [5.74, 6) is 1.34. The fourth-order valence-corrected chi connectivity index (χ4v) is 3.87. The highest BCUT2D eigenvalue weighted by atomic mass is 35.5. The van der Waals surface area contributed by atoms with Gasteiger partial charge >= 0.3 is 0 Å². The lowest BCUT2D eigenvalue weighted by molar-refractivity contribution is -0.143. The van der Waals surface area contributed by atoms with Crippen molar-refractivity contribution in [3.8, 4) is 11.4 Å². The van der Waals surface area contributed by atoms with Crippen LogP contribution in [0.1, 0.15) is 51.3 Å². The van der Waals surface area contributed by atoms with Crippen molar-refractivity contribution < 1.29 is 9.32 Å². The summed E-state index contributed by atoms with van der Waals surface area (Å²) in [5, 5.41) is 4.77. The van der Waals surface area contributed by atoms with Gasteiger partial charge in [-0.15, -0.1) is 12.4 Å². The van der Waals surface area contributed by atoms with Gasteiger partial charge in [0, 0.05) is 30.2 Å². The second kappa shape index (κ2) is 9.72. The predicted molar refractivity (Wildman–Crippen MR) is 113 cm³/mol. The van der Waals surface area contributed by atoms with Gasteiger partial charge < -0.3 is 15.2 Å². The van der Waals surface area contributed by atoms with E-state index in [4.69, 9.17) is 21.9 Å². The first kappa shape index (κ1) is 22.7. The van der Waals surface area contributed by atoms with Crippen LogP contribution in [0.4, 0.5) is 0 Å². The van der Waals surface area contributed by atoms with Crippen molar-refractivity contribution in [2.24, 2.45) is 11.1 Å². The van der Waals surface area contributed by atoms with E-state index in [0.29, 0.717) is 29.8 Å². The standard InChI is InChI=1S/C20H27ClN4O2.ClH/c1-3-20(4-2,13-22)19(26)25-11-5-6-15(12-25)18-23-17(24-27-18)14-7-9-16(21)10-8-14;/h7-10,15H,3-6,11-13,22H2,1-2H3;1H. The number of piperidine rings is 1. The maximum Gasteiger partial charge on any atom is 0.231 e. The zero-order chi connectivity index (χ0) is 19.4. The average molecular weight is 427 g/mol. The number of rotatable bonds is 6. The molecular formula is C20H28Cl2N4O2. The Hall–Kier alpha value is -1.63. The molecule has 1 aliphatic rings. The molecule has 1 fully saturated rings. The Kier molecular flexibility index (Phi) is 7.87. The van der Waals surface area contributed by atoms with Gasteiger partial charge in [0.2, 0.25) is 17.6 Å². The molecule has 28 heavy (non-hydrogen) atoms. The van der Waals surface area contributed by atoms with Crippen molar-refractivity contribution in [3.05, 3.63) is 35.2 Å². The second-order valence-electron chi connectivity index (χ2n) is 7.24. The fourth-order valence-electron chi connectivity index (χ4n) is 3.74. The Bertz CT molecular complexity index is 767. The molecule has 2 aromatic rings. The van der Waals surface area contributed by atoms with E-state index in [9.17, 15) is 4.79 Å². The normalized spacial score (nSPS) is 17.3. The first-order chi connectivity index (χ1) is 13.0. The number of amides is 1. The molecule has 2 N–H and O–H groups in total. The first-order valence-electron chi connectivity index (χ1n) is 9.62. The summed E-state index contributed by atoms with van der Waals surface area (Å²) in [5.41, 5.74) is 6.35. The molecule has 6 nitrogen and oxygen atoms in total. The average Bonchev–Trinajstić information content (AvgIpc) is 3.20. The molecule has 8 heteroatoms. The van der Waals surface area contributed by atoms with Gasteiger partial charge in [0.1, 0.15) is 0 Å². The van der Waals surface area contributed by atoms with Gasteiger partial charge in [-0.25, -0.2) is 0 Å². The number of aromatic nitrogens is 2. The van der Waals surface area contributed by atoms with Crippen molar-refractivity contribution in [2.45, 2.75) is 45.4 Å². The first-order valence-corrected chi connectivity index (χ1v) is 9.99. The highest BCUT2D eigenvalue weighted by molar-refractivity contribution is 6.30. The van der Waals surface area contributed by atoms with Crippen LogP contribution in [0.15, 0.2) is 28.8 Å². The molecule has 2 heterocycles. The SMILES string of the molecule is CCC(CC)(CN)C(=O)N1CCCC(c2nc(-c3ccc(Cl)cc3)no2)C1.Cl. The van der Waals surface area contributed by atoms with E-state index in [2.05, 4.69) is 10.1 Å². The summed E-state index contributed by atoms with van der Waals surface area (Å²) in [6.45, 7) is 5.80. The molecule has 0 bridgehead atoms. The number of nitrogens with zero attached hydrogens (tertiary/aromatic N) is 3. The molecular weight excluding hydrogens is 399 g/mol. The van der Waals surface area contributed by atoms with Crippen LogP contribution in [-0.2, 0) is 4.79 Å². The number of nitrogens with two attached hydrogens (primary N) is 1. The van der Waals surface area contributed by atoms with Crippen LogP contribution in [0.2, 0.25) is 5.02 Å². The van der Waals surface area contributed by atoms with Gasteiger partial charge in [-0.05, 0) is 49.9 Å². The third kappa shape index (κ3) is 4.50. The van der Waals surface area contributed by atoms with Gasteiger partial charge in [0.05, 0.1) is 11.3 Å². The van der Waals surface area contributed by atoms with Crippen LogP contribution < -0.4 is 5.73 Å². The highest BCUT2D eigenvalue weighted by Gasteiger charge is 2.39. The third-order valence-electron chi connectivity index (χ3n) is 5.80. The maximum absolute atomic E-state index is 13.1. The summed E-state index contributed by atoms with van der Waals surface area (Å²) >= 11 is 5.93. The number of carbonyl (C=O) groups is 1. The minimum absolute atomic E-state index is 0. The summed E-state index contributed by atoms with van der Waals surface area (Å²) < 4.78 is 5.52. The van der Waals surface area contributed by atoms with E-state index in [-0.39, 0.29) is 24.2 Å². The van der Waals surface area contributed by atoms with Crippen LogP contribution >= 0.6 is 24.0 Å². The molecule has 1 aromatic carbocycles. The lowest BCUT2D eigenvalue weighted by atomic mass is 9.80. The van der Waals surface area contributed by atoms with Crippen molar-refractivity contribution in [1.29, 1.82) is 0 Å². The van der Waals surface area contributed by atoms with E-state index < -0.39 is 5.41 Å². The molecule has 0 spiro atoms. The summed E-state index contributed by atoms with van der Waals surface area (Å²) in [7, 11) is 0. The molecule has 1 aliphatic heterocycles. The number of carbonyl (C=O) groups excluding carboxylic acids is 1. The van der Waals surface area contributed by atoms with E-state index in [1.165, 1.54) is 0 Å². The molecule has 154 valence electrons. The van der Waals surface area contributed by atoms with Crippen molar-refractivity contribution in [2.75, 3.05) is 19.6 Å². The Morgan fingerprint density at radius 2 is 2.00 bits per heavy atom. The minimum Gasteiger partial charge on any atom is -0.341 e. The molecule has 1 saturated heterocycles. The van der Waals surface area contributed by atoms with Gasteiger partial charge in [0.15, 0.2) is 0 Å². The van der Waals surface area contributed by atoms with Crippen molar-refractivity contribution in [3.63, 3.8) is 0 Å². The third-order valence-corrected chi connectivity index (χ3v) is 6.05. The molecule has 0 saturated carbocycles. The van der Waals surface area contributed by atoms with E-state index in [1.807, 2.05) is 30.9 Å². The zero-order valence-corrected chi connectivity index (χ0v) is 17.9. The van der Waals surface area contributed by atoms with E-state index in [0.717, 1.165) is 37.8 Å². The number of benzene rings is 1. The smallest absolute Gasteiger partial charge is 0.231 e. The maximum atomic E-state index is 13.1. The fraction of sp³-hybridized carbons (Fsp3) is 0.550. The van der Waals surface area contributed by atoms with Crippen LogP contribution in [-0.4, -0.2) is 40.6 Å². The second-order valence-corrected chi connectivity index (χ2v) is 7.68. The van der Waals surface area contributed by atoms with Crippen LogP contribution in [0.25, 0.3) is 11.4 Å². The van der Waals surface area contributed by atoms with Gasteiger partial charge in [-0.1, -0.05) is 30.6 Å². The van der Waals surface area contributed by atoms with Crippen molar-refractivity contribution >= 4 is 29.9 Å². The molecule has 0 aliphatic carbocycles. The number of likely N-dealkylation sites (tertiary alicyclic amines) is 1. The van der Waals surface area contributed by atoms with Gasteiger partial charge in [-0.3, -0.25) is 4.79 Å². The number of hydrogen-bond donors (Lipinski definition) is 1. The molecule has 3 rings (SSSR count). The van der Waals surface area contributed by atoms with Gasteiger partial charge in [-0.2, -0.15) is 4.98 Å². The predicted octanol–water partition coefficient (Wildman–Crippen LogP) is 4.28. The monoisotopic (exact) mass is 426 g/mol. The Labute approximate surface area is 177 Å². The summed E-state index contributed by atoms with van der Waals surface area (Å²) in [6.07, 6.45) is 3.35. The Morgan fingerprint density at radius 1 is 1.32 bits per heavy atom. The van der Waals surface area contributed by atoms with Gasteiger partial charge in [0.25, 0.3) is 0 Å². The van der Waals surface area contributed by atoms with Crippen molar-refractivity contribution in [1.82, 2.24) is 15.0 Å². The summed E-state index contributed by atoms with van der Waals surface area (Å²) in [6, 6.07) is 7.34. The molecule has 1 amide bonds. The Morgan fingerprint density at radius 3 is 2.61 bits per heavy atom. The van der Waals surface area contributed by atoms with Crippen LogP contribution in [0.5, 0.6) is 0 Å². The Balaban J connectivity index is 0.00000280. The topological polar surface area (TPSA) is 85.3 Å². The number of halogens is 2. The molecule has 1 aromatic heterocycles. The van der Waals surface area contributed by atoms with Crippen LogP contribution in [0.3, 0.4) is 0 Å². The van der Waals surface area contributed by atoms with Crippen LogP contribution in [0, 0.1) is 5.41 Å². The lowest BCUT2D eigenvalue weighted by Crippen LogP contribution is -2.50. The summed E-state index contributed by atoms with van der Waals surface area (Å²) in [4.78, 5) is 19.6. The lowest BCUT2D eigenvalue weighted by Gasteiger charge is -2.38. The quantitative estimate of drug-likeness (QED) is 0.744. The largest absolute Gasteiger partial charge is 0.341 e. The zero-order valence-electron chi connectivity index (χ0n) is 16.4. The molecule has 1 unspecified atom stereocenters.